The highest BCUT2D eigenvalue weighted by molar-refractivity contribution is 6.00. The maximum absolute atomic E-state index is 13.4. The van der Waals surface area contributed by atoms with Crippen molar-refractivity contribution < 1.29 is 24.2 Å². The first kappa shape index (κ1) is 28.6. The van der Waals surface area contributed by atoms with Gasteiger partial charge < -0.3 is 29.8 Å². The van der Waals surface area contributed by atoms with E-state index < -0.39 is 29.7 Å². The summed E-state index contributed by atoms with van der Waals surface area (Å²) in [6, 6.07) is 4.62. The first-order valence-corrected chi connectivity index (χ1v) is 13.9. The third-order valence-electron chi connectivity index (χ3n) is 7.28. The second-order valence-corrected chi connectivity index (χ2v) is 11.6. The Morgan fingerprint density at radius 1 is 1.20 bits per heavy atom. The van der Waals surface area contributed by atoms with Gasteiger partial charge in [0.1, 0.15) is 28.5 Å². The number of aliphatic hydroxyl groups is 1. The highest BCUT2D eigenvalue weighted by Crippen LogP contribution is 2.28. The lowest BCUT2D eigenvalue weighted by Gasteiger charge is -2.25. The average molecular weight is 568 g/mol. The van der Waals surface area contributed by atoms with E-state index in [1.165, 1.54) is 29.1 Å². The molecule has 0 radical (unpaired) electrons. The van der Waals surface area contributed by atoms with Crippen molar-refractivity contribution in [3.05, 3.63) is 46.5 Å². The van der Waals surface area contributed by atoms with E-state index in [0.29, 0.717) is 5.69 Å². The smallest absolute Gasteiger partial charge is 0.415 e. The molecule has 3 aromatic heterocycles. The molecule has 3 aromatic rings. The average Bonchev–Trinajstić information content (AvgIpc) is 3.54. The standard InChI is InChI=1S/C28H37N7O6/c1-28(2,3)41-27(39)33(4)23-13-22(30-19-11-8-12-34(26(19)38)17-9-6-5-7-10-17)32-24-18(14-29-35(23)24)25(37)31-20-15-40-16-21(20)36/h8,11-14,17,20-21,36H,5-7,9-10,15-16H2,1-4H3,(H,30,32)(H,31,37)/t20?,21-/m1/s1. The topological polar surface area (TPSA) is 152 Å². The highest BCUT2D eigenvalue weighted by atomic mass is 16.6. The number of aromatic nitrogens is 4. The molecule has 1 aliphatic carbocycles. The van der Waals surface area contributed by atoms with Gasteiger partial charge in [-0.3, -0.25) is 14.5 Å². The fourth-order valence-electron chi connectivity index (χ4n) is 5.15. The molecule has 1 saturated carbocycles. The molecular weight excluding hydrogens is 530 g/mol. The van der Waals surface area contributed by atoms with Crippen molar-refractivity contribution in [2.45, 2.75) is 76.7 Å². The number of amides is 2. The third-order valence-corrected chi connectivity index (χ3v) is 7.28. The van der Waals surface area contributed by atoms with E-state index in [-0.39, 0.29) is 47.7 Å². The molecular formula is C28H37N7O6. The molecule has 13 nitrogen and oxygen atoms in total. The molecule has 5 rings (SSSR count). The Morgan fingerprint density at radius 2 is 1.95 bits per heavy atom. The molecule has 4 heterocycles. The van der Waals surface area contributed by atoms with Gasteiger partial charge in [-0.15, -0.1) is 0 Å². The highest BCUT2D eigenvalue weighted by Gasteiger charge is 2.30. The molecule has 2 atom stereocenters. The van der Waals surface area contributed by atoms with E-state index in [0.717, 1.165) is 25.7 Å². The molecule has 2 fully saturated rings. The lowest BCUT2D eigenvalue weighted by molar-refractivity contribution is 0.0587. The van der Waals surface area contributed by atoms with Crippen LogP contribution in [0.1, 0.15) is 69.3 Å². The number of nitrogens with one attached hydrogen (secondary N) is 2. The van der Waals surface area contributed by atoms with Gasteiger partial charge in [-0.1, -0.05) is 19.3 Å². The van der Waals surface area contributed by atoms with Crippen LogP contribution in [0.3, 0.4) is 0 Å². The Kier molecular flexibility index (Phi) is 8.00. The van der Waals surface area contributed by atoms with Gasteiger partial charge in [0.25, 0.3) is 11.5 Å². The fourth-order valence-corrected chi connectivity index (χ4v) is 5.15. The predicted molar refractivity (Wildman–Crippen MR) is 152 cm³/mol. The zero-order valence-electron chi connectivity index (χ0n) is 23.8. The van der Waals surface area contributed by atoms with Crippen molar-refractivity contribution in [2.24, 2.45) is 0 Å². The Morgan fingerprint density at radius 3 is 2.63 bits per heavy atom. The third kappa shape index (κ3) is 6.20. The first-order valence-electron chi connectivity index (χ1n) is 13.9. The Bertz CT molecular complexity index is 1490. The van der Waals surface area contributed by atoms with Crippen LogP contribution in [0, 0.1) is 0 Å². The van der Waals surface area contributed by atoms with Crippen LogP contribution in [-0.2, 0) is 9.47 Å². The lowest BCUT2D eigenvalue weighted by atomic mass is 9.95. The van der Waals surface area contributed by atoms with E-state index in [9.17, 15) is 19.5 Å². The largest absolute Gasteiger partial charge is 0.443 e. The number of carbonyl (C=O) groups excluding carboxylic acids is 2. The summed E-state index contributed by atoms with van der Waals surface area (Å²) in [6.45, 7) is 5.60. The molecule has 1 aliphatic heterocycles. The van der Waals surface area contributed by atoms with Crippen LogP contribution in [0.2, 0.25) is 0 Å². The van der Waals surface area contributed by atoms with Crippen molar-refractivity contribution in [3.63, 3.8) is 0 Å². The van der Waals surface area contributed by atoms with Crippen LogP contribution in [0.25, 0.3) is 5.65 Å². The molecule has 0 aromatic carbocycles. The molecule has 0 bridgehead atoms. The minimum absolute atomic E-state index is 0.124. The Balaban J connectivity index is 1.53. The van der Waals surface area contributed by atoms with E-state index in [1.807, 2.05) is 12.3 Å². The van der Waals surface area contributed by atoms with E-state index in [4.69, 9.17) is 9.47 Å². The van der Waals surface area contributed by atoms with Gasteiger partial charge in [0.2, 0.25) is 0 Å². The molecule has 13 heteroatoms. The number of aliphatic hydroxyl groups excluding tert-OH is 1. The van der Waals surface area contributed by atoms with Crippen LogP contribution in [0.15, 0.2) is 35.4 Å². The van der Waals surface area contributed by atoms with Crippen molar-refractivity contribution in [2.75, 3.05) is 30.5 Å². The van der Waals surface area contributed by atoms with Gasteiger partial charge in [0, 0.05) is 25.4 Å². The molecule has 1 unspecified atom stereocenters. The predicted octanol–water partition coefficient (Wildman–Crippen LogP) is 3.00. The maximum Gasteiger partial charge on any atom is 0.415 e. The molecule has 3 N–H and O–H groups in total. The maximum atomic E-state index is 13.4. The monoisotopic (exact) mass is 567 g/mol. The Labute approximate surface area is 237 Å². The number of ether oxygens (including phenoxy) is 2. The molecule has 220 valence electrons. The molecule has 1 saturated heterocycles. The quantitative estimate of drug-likeness (QED) is 0.408. The molecule has 41 heavy (non-hydrogen) atoms. The van der Waals surface area contributed by atoms with Gasteiger partial charge >= 0.3 is 6.09 Å². The molecule has 0 spiro atoms. The number of carbonyl (C=O) groups is 2. The van der Waals surface area contributed by atoms with Crippen LogP contribution in [0.5, 0.6) is 0 Å². The molecule has 2 aliphatic rings. The first-order chi connectivity index (χ1) is 19.5. The number of hydrogen-bond acceptors (Lipinski definition) is 9. The minimum atomic E-state index is -0.829. The minimum Gasteiger partial charge on any atom is -0.443 e. The summed E-state index contributed by atoms with van der Waals surface area (Å²) in [7, 11) is 1.53. The van der Waals surface area contributed by atoms with E-state index in [1.54, 1.807) is 37.5 Å². The number of nitrogens with zero attached hydrogens (tertiary/aromatic N) is 5. The zero-order valence-corrected chi connectivity index (χ0v) is 23.8. The summed E-state index contributed by atoms with van der Waals surface area (Å²) in [5, 5.41) is 20.3. The van der Waals surface area contributed by atoms with Gasteiger partial charge in [-0.05, 0) is 45.7 Å². The van der Waals surface area contributed by atoms with E-state index >= 15 is 0 Å². The van der Waals surface area contributed by atoms with Crippen molar-refractivity contribution in [3.8, 4) is 0 Å². The van der Waals surface area contributed by atoms with Gasteiger partial charge in [-0.25, -0.2) is 9.78 Å². The number of anilines is 3. The molecule has 2 amide bonds. The van der Waals surface area contributed by atoms with Crippen LogP contribution >= 0.6 is 0 Å². The van der Waals surface area contributed by atoms with Gasteiger partial charge in [0.05, 0.1) is 31.6 Å². The van der Waals surface area contributed by atoms with Crippen molar-refractivity contribution >= 4 is 35.0 Å². The van der Waals surface area contributed by atoms with Crippen LogP contribution < -0.4 is 21.1 Å². The SMILES string of the molecule is CN(C(=O)OC(C)(C)C)c1cc(Nc2cccn(C3CCCCC3)c2=O)nc2c(C(=O)NC3COC[C@H]3O)cnn12. The van der Waals surface area contributed by atoms with Gasteiger partial charge in [-0.2, -0.15) is 9.61 Å². The summed E-state index contributed by atoms with van der Waals surface area (Å²) >= 11 is 0. The van der Waals surface area contributed by atoms with Crippen molar-refractivity contribution in [1.29, 1.82) is 0 Å². The van der Waals surface area contributed by atoms with Crippen LogP contribution in [-0.4, -0.2) is 74.3 Å². The van der Waals surface area contributed by atoms with Crippen LogP contribution in [0.4, 0.5) is 22.1 Å². The van der Waals surface area contributed by atoms with E-state index in [2.05, 4.69) is 20.7 Å². The fraction of sp³-hybridized carbons (Fsp3) is 0.536. The second-order valence-electron chi connectivity index (χ2n) is 11.6. The van der Waals surface area contributed by atoms with Gasteiger partial charge in [0.15, 0.2) is 5.65 Å². The number of fused-ring (bicyclic) bond motifs is 1. The summed E-state index contributed by atoms with van der Waals surface area (Å²) in [5.74, 6) is -0.0109. The number of pyridine rings is 1. The number of rotatable bonds is 6. The summed E-state index contributed by atoms with van der Waals surface area (Å²) in [4.78, 5) is 45.5. The number of hydrogen-bond donors (Lipinski definition) is 3. The Hall–Kier alpha value is -3.97. The normalized spacial score (nSPS) is 19.7. The lowest BCUT2D eigenvalue weighted by Crippen LogP contribution is -2.42. The van der Waals surface area contributed by atoms with Crippen molar-refractivity contribution in [1.82, 2.24) is 24.5 Å². The second kappa shape index (κ2) is 11.5. The summed E-state index contributed by atoms with van der Waals surface area (Å²) in [6.07, 6.45) is 6.94. The summed E-state index contributed by atoms with van der Waals surface area (Å²) < 4.78 is 13.9. The zero-order chi connectivity index (χ0) is 29.3. The summed E-state index contributed by atoms with van der Waals surface area (Å²) in [5.41, 5.74) is -0.330.